The molecule has 1 rings (SSSR count). The molecule has 0 fully saturated rings. The van der Waals surface area contributed by atoms with Crippen LogP contribution in [-0.2, 0) is 4.79 Å². The molecule has 0 aliphatic carbocycles. The van der Waals surface area contributed by atoms with Crippen LogP contribution in [0.2, 0.25) is 0 Å². The molecule has 0 unspecified atom stereocenters. The van der Waals surface area contributed by atoms with Crippen LogP contribution in [-0.4, -0.2) is 6.29 Å². The molecule has 0 aliphatic heterocycles. The molecule has 0 saturated heterocycles. The third kappa shape index (κ3) is 2.81. The van der Waals surface area contributed by atoms with Crippen molar-refractivity contribution in [3.05, 3.63) is 39.9 Å². The van der Waals surface area contributed by atoms with Crippen molar-refractivity contribution in [1.82, 2.24) is 0 Å². The summed E-state index contributed by atoms with van der Waals surface area (Å²) < 4.78 is 1.10. The largest absolute Gasteiger partial charge is 0.299 e. The number of aldehydes is 1. The molecular formula is C12H13BrO. The van der Waals surface area contributed by atoms with E-state index in [1.165, 1.54) is 11.6 Å². The van der Waals surface area contributed by atoms with Crippen LogP contribution in [0.4, 0.5) is 0 Å². The molecule has 0 bridgehead atoms. The first-order valence-electron chi connectivity index (χ1n) is 4.56. The van der Waals surface area contributed by atoms with Gasteiger partial charge in [-0.3, -0.25) is 4.79 Å². The first kappa shape index (κ1) is 11.2. The molecule has 0 aliphatic rings. The maximum Gasteiger partial charge on any atom is 0.142 e. The minimum absolute atomic E-state index is 0.508. The Labute approximate surface area is 93.0 Å². The number of benzene rings is 1. The third-order valence-corrected chi connectivity index (χ3v) is 2.70. The average Bonchev–Trinajstić information content (AvgIpc) is 2.14. The Balaban J connectivity index is 3.00. The molecule has 0 N–H and O–H groups in total. The van der Waals surface area contributed by atoms with E-state index >= 15 is 0 Å². The molecule has 0 spiro atoms. The van der Waals surface area contributed by atoms with E-state index in [4.69, 9.17) is 0 Å². The smallest absolute Gasteiger partial charge is 0.142 e. The van der Waals surface area contributed by atoms with Crippen LogP contribution < -0.4 is 0 Å². The Morgan fingerprint density at radius 2 is 2.07 bits per heavy atom. The zero-order valence-electron chi connectivity index (χ0n) is 8.33. The summed E-state index contributed by atoms with van der Waals surface area (Å²) >= 11 is 3.52. The summed E-state index contributed by atoms with van der Waals surface area (Å²) in [4.78, 5) is 10.1. The predicted octanol–water partition coefficient (Wildman–Crippen LogP) is 3.78. The van der Waals surface area contributed by atoms with Gasteiger partial charge in [0.2, 0.25) is 0 Å². The van der Waals surface area contributed by atoms with Gasteiger partial charge >= 0.3 is 0 Å². The summed E-state index contributed by atoms with van der Waals surface area (Å²) in [6, 6.07) is 6.12. The highest BCUT2D eigenvalue weighted by Crippen LogP contribution is 2.25. The molecule has 2 heteroatoms. The number of hydrogen-bond acceptors (Lipinski definition) is 1. The highest BCUT2D eigenvalue weighted by molar-refractivity contribution is 9.10. The molecule has 0 aromatic heterocycles. The van der Waals surface area contributed by atoms with Crippen LogP contribution in [0.15, 0.2) is 28.7 Å². The lowest BCUT2D eigenvalue weighted by Crippen LogP contribution is -1.89. The molecule has 0 amide bonds. The molecule has 0 radical (unpaired) electrons. The highest BCUT2D eigenvalue weighted by Gasteiger charge is 2.03. The second-order valence-corrected chi connectivity index (χ2v) is 4.29. The lowest BCUT2D eigenvalue weighted by Gasteiger charge is -2.08. The highest BCUT2D eigenvalue weighted by atomic mass is 79.9. The third-order valence-electron chi connectivity index (χ3n) is 2.01. The van der Waals surface area contributed by atoms with Crippen LogP contribution >= 0.6 is 15.9 Å². The van der Waals surface area contributed by atoms with Gasteiger partial charge in [0.05, 0.1) is 0 Å². The van der Waals surface area contributed by atoms with Crippen molar-refractivity contribution >= 4 is 28.3 Å². The van der Waals surface area contributed by atoms with E-state index in [0.29, 0.717) is 5.92 Å². The number of halogens is 1. The molecule has 74 valence electrons. The van der Waals surface area contributed by atoms with Crippen molar-refractivity contribution in [1.29, 1.82) is 0 Å². The van der Waals surface area contributed by atoms with Gasteiger partial charge in [0.25, 0.3) is 0 Å². The van der Waals surface area contributed by atoms with Crippen LogP contribution in [0.3, 0.4) is 0 Å². The molecule has 1 nitrogen and oxygen atoms in total. The Morgan fingerprint density at radius 3 is 2.57 bits per heavy atom. The van der Waals surface area contributed by atoms with Gasteiger partial charge < -0.3 is 0 Å². The van der Waals surface area contributed by atoms with Gasteiger partial charge in [-0.1, -0.05) is 48.0 Å². The molecule has 1 aromatic carbocycles. The molecule has 0 atom stereocenters. The SMILES string of the molecule is CC(C)c1ccc(/C=C/C=O)cc1Br. The Morgan fingerprint density at radius 1 is 1.36 bits per heavy atom. The van der Waals surface area contributed by atoms with Gasteiger partial charge in [-0.05, 0) is 29.2 Å². The molecule has 0 heterocycles. The van der Waals surface area contributed by atoms with E-state index < -0.39 is 0 Å². The lowest BCUT2D eigenvalue weighted by atomic mass is 10.0. The Kier molecular flexibility index (Phi) is 4.08. The maximum atomic E-state index is 10.1. The quantitative estimate of drug-likeness (QED) is 0.591. The average molecular weight is 253 g/mol. The standard InChI is InChI=1S/C12H13BrO/c1-9(2)11-6-5-10(4-3-7-14)8-12(11)13/h3-9H,1-2H3/b4-3+. The van der Waals surface area contributed by atoms with Crippen molar-refractivity contribution in [2.24, 2.45) is 0 Å². The van der Waals surface area contributed by atoms with E-state index in [9.17, 15) is 4.79 Å². The predicted molar refractivity (Wildman–Crippen MR) is 63.3 cm³/mol. The van der Waals surface area contributed by atoms with Gasteiger partial charge in [0, 0.05) is 4.47 Å². The van der Waals surface area contributed by atoms with E-state index in [2.05, 4.69) is 35.8 Å². The van der Waals surface area contributed by atoms with E-state index in [1.807, 2.05) is 12.1 Å². The number of rotatable bonds is 3. The Bertz CT molecular complexity index is 353. The topological polar surface area (TPSA) is 17.1 Å². The van der Waals surface area contributed by atoms with Gasteiger partial charge in [0.15, 0.2) is 0 Å². The fourth-order valence-electron chi connectivity index (χ4n) is 1.27. The van der Waals surface area contributed by atoms with E-state index in [1.54, 1.807) is 6.08 Å². The fourth-order valence-corrected chi connectivity index (χ4v) is 2.12. The first-order valence-corrected chi connectivity index (χ1v) is 5.35. The van der Waals surface area contributed by atoms with Crippen molar-refractivity contribution in [2.75, 3.05) is 0 Å². The van der Waals surface area contributed by atoms with Crippen molar-refractivity contribution in [2.45, 2.75) is 19.8 Å². The van der Waals surface area contributed by atoms with Gasteiger partial charge in [-0.15, -0.1) is 0 Å². The van der Waals surface area contributed by atoms with E-state index in [0.717, 1.165) is 16.3 Å². The zero-order chi connectivity index (χ0) is 10.6. The van der Waals surface area contributed by atoms with Gasteiger partial charge in [-0.2, -0.15) is 0 Å². The number of carbonyl (C=O) groups is 1. The lowest BCUT2D eigenvalue weighted by molar-refractivity contribution is -0.104. The minimum Gasteiger partial charge on any atom is -0.299 e. The molecule has 1 aromatic rings. The summed E-state index contributed by atoms with van der Waals surface area (Å²) in [5.41, 5.74) is 2.32. The summed E-state index contributed by atoms with van der Waals surface area (Å²) in [6.45, 7) is 4.31. The summed E-state index contributed by atoms with van der Waals surface area (Å²) in [5, 5.41) is 0. The summed E-state index contributed by atoms with van der Waals surface area (Å²) in [6.07, 6.45) is 4.07. The summed E-state index contributed by atoms with van der Waals surface area (Å²) in [5.74, 6) is 0.508. The molecule has 14 heavy (non-hydrogen) atoms. The zero-order valence-corrected chi connectivity index (χ0v) is 9.91. The fraction of sp³-hybridized carbons (Fsp3) is 0.250. The first-order chi connectivity index (χ1) is 6.65. The van der Waals surface area contributed by atoms with Gasteiger partial charge in [0.1, 0.15) is 6.29 Å². The molecule has 0 saturated carbocycles. The monoisotopic (exact) mass is 252 g/mol. The van der Waals surface area contributed by atoms with E-state index in [-0.39, 0.29) is 0 Å². The number of carbonyl (C=O) groups excluding carboxylic acids is 1. The van der Waals surface area contributed by atoms with Crippen LogP contribution in [0.5, 0.6) is 0 Å². The minimum atomic E-state index is 0.508. The van der Waals surface area contributed by atoms with Crippen LogP contribution in [0.25, 0.3) is 6.08 Å². The van der Waals surface area contributed by atoms with Crippen molar-refractivity contribution in [3.8, 4) is 0 Å². The van der Waals surface area contributed by atoms with Crippen molar-refractivity contribution < 1.29 is 4.79 Å². The van der Waals surface area contributed by atoms with Crippen LogP contribution in [0.1, 0.15) is 30.9 Å². The normalized spacial score (nSPS) is 11.1. The van der Waals surface area contributed by atoms with Gasteiger partial charge in [-0.25, -0.2) is 0 Å². The maximum absolute atomic E-state index is 10.1. The second kappa shape index (κ2) is 5.11. The number of hydrogen-bond donors (Lipinski definition) is 0. The Hall–Kier alpha value is -0.890. The second-order valence-electron chi connectivity index (χ2n) is 3.43. The van der Waals surface area contributed by atoms with Crippen molar-refractivity contribution in [3.63, 3.8) is 0 Å². The summed E-state index contributed by atoms with van der Waals surface area (Å²) in [7, 11) is 0. The molecular weight excluding hydrogens is 240 g/mol. The number of allylic oxidation sites excluding steroid dienone is 1. The van der Waals surface area contributed by atoms with Crippen LogP contribution in [0, 0.1) is 0 Å².